The number of ether oxygens (including phenoxy) is 1. The normalized spacial score (nSPS) is 20.2. The van der Waals surface area contributed by atoms with Gasteiger partial charge in [0, 0.05) is 17.6 Å². The average molecular weight is 481 g/mol. The zero-order valence-corrected chi connectivity index (χ0v) is 20.0. The first-order chi connectivity index (χ1) is 15.7. The minimum absolute atomic E-state index is 0.0586. The largest absolute Gasteiger partial charge is 0.376 e. The van der Waals surface area contributed by atoms with E-state index in [0.717, 1.165) is 49.3 Å². The highest BCUT2D eigenvalue weighted by Crippen LogP contribution is 2.40. The highest BCUT2D eigenvalue weighted by Gasteiger charge is 2.23. The van der Waals surface area contributed by atoms with E-state index in [0.29, 0.717) is 6.54 Å². The molecule has 1 unspecified atom stereocenters. The van der Waals surface area contributed by atoms with Crippen molar-refractivity contribution in [3.05, 3.63) is 73.1 Å². The summed E-state index contributed by atoms with van der Waals surface area (Å²) in [6.45, 7) is 1.38. The molecule has 0 saturated carbocycles. The second-order valence-electron chi connectivity index (χ2n) is 7.98. The number of nitrogens with one attached hydrogen (secondary N) is 1. The molecule has 1 atom stereocenters. The Hall–Kier alpha value is -2.39. The van der Waals surface area contributed by atoms with Crippen molar-refractivity contribution in [1.29, 1.82) is 0 Å². The molecule has 0 bridgehead atoms. The van der Waals surface area contributed by atoms with Crippen molar-refractivity contribution in [2.75, 3.05) is 11.9 Å². The lowest BCUT2D eigenvalue weighted by atomic mass is 10.2. The van der Waals surface area contributed by atoms with Crippen LogP contribution < -0.4 is 24.6 Å². The minimum Gasteiger partial charge on any atom is -0.376 e. The Morgan fingerprint density at radius 1 is 1.19 bits per heavy atom. The maximum atomic E-state index is 13.6. The summed E-state index contributed by atoms with van der Waals surface area (Å²) >= 11 is 4.95. The van der Waals surface area contributed by atoms with E-state index in [1.54, 1.807) is 34.4 Å². The molecule has 1 saturated heterocycles. The van der Waals surface area contributed by atoms with Gasteiger partial charge in [-0.15, -0.1) is 11.3 Å². The van der Waals surface area contributed by atoms with Crippen LogP contribution in [0.3, 0.4) is 0 Å². The monoisotopic (exact) mass is 480 g/mol. The fourth-order valence-corrected chi connectivity index (χ4v) is 7.55. The van der Waals surface area contributed by atoms with Crippen LogP contribution in [0, 0.1) is 0 Å². The molecule has 2 aliphatic heterocycles. The molecule has 4 heterocycles. The summed E-state index contributed by atoms with van der Waals surface area (Å²) in [5.41, 5.74) is 2.32. The Morgan fingerprint density at radius 2 is 2.03 bits per heavy atom. The summed E-state index contributed by atoms with van der Waals surface area (Å²) in [6.07, 6.45) is 4.32. The van der Waals surface area contributed by atoms with Crippen molar-refractivity contribution in [1.82, 2.24) is 4.57 Å². The van der Waals surface area contributed by atoms with Gasteiger partial charge in [0.2, 0.25) is 5.52 Å². The van der Waals surface area contributed by atoms with Crippen LogP contribution >= 0.6 is 34.4 Å². The van der Waals surface area contributed by atoms with Crippen molar-refractivity contribution in [2.45, 2.75) is 30.4 Å². The van der Waals surface area contributed by atoms with Crippen LogP contribution in [-0.4, -0.2) is 17.3 Å². The van der Waals surface area contributed by atoms with Gasteiger partial charge in [-0.05, 0) is 31.0 Å². The zero-order valence-electron chi connectivity index (χ0n) is 17.5. The average Bonchev–Trinajstić information content (AvgIpc) is 3.58. The molecule has 6 rings (SSSR count). The van der Waals surface area contributed by atoms with Crippen LogP contribution in [0.15, 0.2) is 58.2 Å². The maximum absolute atomic E-state index is 13.6. The van der Waals surface area contributed by atoms with Gasteiger partial charge < -0.3 is 10.1 Å². The second kappa shape index (κ2) is 8.19. The van der Waals surface area contributed by atoms with Gasteiger partial charge in [-0.3, -0.25) is 9.36 Å². The van der Waals surface area contributed by atoms with E-state index in [4.69, 9.17) is 4.74 Å². The first kappa shape index (κ1) is 20.2. The lowest BCUT2D eigenvalue weighted by molar-refractivity contribution is -0.642. The molecule has 5 nitrogen and oxygen atoms in total. The third kappa shape index (κ3) is 3.51. The number of rotatable bonds is 3. The zero-order chi connectivity index (χ0) is 21.7. The summed E-state index contributed by atoms with van der Waals surface area (Å²) < 4.78 is 13.0. The van der Waals surface area contributed by atoms with E-state index in [-0.39, 0.29) is 11.7 Å². The Morgan fingerprint density at radius 3 is 2.84 bits per heavy atom. The Labute approximate surface area is 197 Å². The molecule has 162 valence electrons. The number of aryl methyl sites for hydroxylation is 1. The van der Waals surface area contributed by atoms with Crippen LogP contribution in [0.25, 0.3) is 21.3 Å². The first-order valence-corrected chi connectivity index (χ1v) is 13.1. The summed E-state index contributed by atoms with van der Waals surface area (Å²) in [5.74, 6) is 0. The highest BCUT2D eigenvalue weighted by molar-refractivity contribution is 8.08. The van der Waals surface area contributed by atoms with Crippen LogP contribution in [0.4, 0.5) is 5.69 Å². The van der Waals surface area contributed by atoms with Gasteiger partial charge in [0.25, 0.3) is 10.6 Å². The molecule has 32 heavy (non-hydrogen) atoms. The lowest BCUT2D eigenvalue weighted by Gasteiger charge is -2.09. The highest BCUT2D eigenvalue weighted by atomic mass is 32.2. The minimum atomic E-state index is 0.0586. The summed E-state index contributed by atoms with van der Waals surface area (Å²) in [6, 6.07) is 16.6. The topological polar surface area (TPSA) is 47.1 Å². The molecule has 0 aliphatic carbocycles. The van der Waals surface area contributed by atoms with E-state index in [1.165, 1.54) is 10.2 Å². The smallest absolute Gasteiger partial charge is 0.271 e. The van der Waals surface area contributed by atoms with Gasteiger partial charge in [0.15, 0.2) is 0 Å². The van der Waals surface area contributed by atoms with Crippen LogP contribution in [0.5, 0.6) is 0 Å². The van der Waals surface area contributed by atoms with Gasteiger partial charge in [-0.25, -0.2) is 0 Å². The molecule has 2 aromatic carbocycles. The molecule has 1 fully saturated rings. The van der Waals surface area contributed by atoms with Crippen molar-refractivity contribution < 1.29 is 9.30 Å². The van der Waals surface area contributed by atoms with E-state index in [2.05, 4.69) is 59.4 Å². The SMILES string of the molecule is C[n+]1c(/C=c2\s/c(=C3\Nc4ccccc4S3)c(=O)n2CC2CCCO2)sc2ccccc21. The summed E-state index contributed by atoms with van der Waals surface area (Å²) in [5, 5.41) is 5.50. The van der Waals surface area contributed by atoms with Gasteiger partial charge in [0.1, 0.15) is 26.0 Å². The molecule has 4 aromatic rings. The van der Waals surface area contributed by atoms with E-state index in [9.17, 15) is 4.79 Å². The third-order valence-corrected chi connectivity index (χ3v) is 9.41. The second-order valence-corrected chi connectivity index (χ2v) is 11.1. The number of para-hydroxylation sites is 2. The number of thiazole rings is 2. The molecule has 0 radical (unpaired) electrons. The molecule has 8 heteroatoms. The van der Waals surface area contributed by atoms with Crippen molar-refractivity contribution in [3.8, 4) is 0 Å². The fourth-order valence-electron chi connectivity index (χ4n) is 4.21. The standard InChI is InChI=1S/C24H21N3O2S3/c1-26-17-9-3-5-11-19(17)30-20(26)13-21-27(14-15-7-6-12-29-15)24(28)22(32-21)23-25-16-8-2-4-10-18(16)31-23/h2-5,8-11,13,15H,6-7,12,14H2,1H3/p+1. The number of anilines is 1. The maximum Gasteiger partial charge on any atom is 0.271 e. The van der Waals surface area contributed by atoms with E-state index in [1.807, 2.05) is 16.7 Å². The molecule has 1 N–H and O–H groups in total. The molecular formula is C24H22N3O2S3+. The predicted molar refractivity (Wildman–Crippen MR) is 133 cm³/mol. The number of fused-ring (bicyclic) bond motifs is 2. The summed E-state index contributed by atoms with van der Waals surface area (Å²) in [4.78, 5) is 14.7. The quantitative estimate of drug-likeness (QED) is 0.458. The molecule has 0 spiro atoms. The number of hydrogen-bond acceptors (Lipinski definition) is 6. The Bertz CT molecular complexity index is 1480. The Balaban J connectivity index is 1.53. The van der Waals surface area contributed by atoms with Gasteiger partial charge in [0.05, 0.1) is 24.4 Å². The Kier molecular flexibility index (Phi) is 5.18. The third-order valence-electron chi connectivity index (χ3n) is 5.89. The molecule has 0 amide bonds. The molecule has 2 aliphatic rings. The molecular weight excluding hydrogens is 458 g/mol. The lowest BCUT2D eigenvalue weighted by Crippen LogP contribution is -2.36. The first-order valence-electron chi connectivity index (χ1n) is 10.7. The number of aromatic nitrogens is 2. The van der Waals surface area contributed by atoms with Gasteiger partial charge in [-0.2, -0.15) is 4.57 Å². The van der Waals surface area contributed by atoms with Gasteiger partial charge >= 0.3 is 0 Å². The van der Waals surface area contributed by atoms with Crippen molar-refractivity contribution in [3.63, 3.8) is 0 Å². The number of thioether (sulfide) groups is 1. The number of hydrogen-bond donors (Lipinski definition) is 1. The number of benzene rings is 2. The fraction of sp³-hybridized carbons (Fsp3) is 0.250. The molecule has 2 aromatic heterocycles. The van der Waals surface area contributed by atoms with Crippen LogP contribution in [0.2, 0.25) is 0 Å². The van der Waals surface area contributed by atoms with Crippen molar-refractivity contribution in [2.24, 2.45) is 7.05 Å². The predicted octanol–water partition coefficient (Wildman–Crippen LogP) is 3.24. The van der Waals surface area contributed by atoms with E-state index < -0.39 is 0 Å². The van der Waals surface area contributed by atoms with Gasteiger partial charge in [-0.1, -0.05) is 47.4 Å². The van der Waals surface area contributed by atoms with Crippen LogP contribution in [0.1, 0.15) is 17.8 Å². The van der Waals surface area contributed by atoms with Crippen molar-refractivity contribution >= 4 is 61.4 Å². The number of nitrogens with zero attached hydrogens (tertiary/aromatic N) is 2. The summed E-state index contributed by atoms with van der Waals surface area (Å²) in [7, 11) is 2.08. The van der Waals surface area contributed by atoms with E-state index >= 15 is 0 Å². The van der Waals surface area contributed by atoms with Crippen LogP contribution in [-0.2, 0) is 18.3 Å².